The summed E-state index contributed by atoms with van der Waals surface area (Å²) in [5.74, 6) is 1.34. The van der Waals surface area contributed by atoms with Gasteiger partial charge in [-0.15, -0.1) is 0 Å². The third-order valence-corrected chi connectivity index (χ3v) is 4.69. The van der Waals surface area contributed by atoms with E-state index in [0.717, 1.165) is 25.9 Å². The van der Waals surface area contributed by atoms with Crippen LogP contribution in [0.2, 0.25) is 0 Å². The average molecular weight is 256 g/mol. The van der Waals surface area contributed by atoms with Gasteiger partial charge in [-0.3, -0.25) is 0 Å². The monoisotopic (exact) mass is 256 g/mol. The van der Waals surface area contributed by atoms with E-state index in [1.54, 1.807) is 0 Å². The minimum atomic E-state index is -0.223. The molecule has 2 aliphatic heterocycles. The molecule has 0 aromatic heterocycles. The van der Waals surface area contributed by atoms with E-state index in [1.165, 1.54) is 0 Å². The Bertz CT molecular complexity index is 273. The summed E-state index contributed by atoms with van der Waals surface area (Å²) >= 11 is 0. The second-order valence-corrected chi connectivity index (χ2v) is 6.55. The van der Waals surface area contributed by atoms with Crippen molar-refractivity contribution in [3.8, 4) is 0 Å². The maximum Gasteiger partial charge on any atom is 0.0735 e. The SMILES string of the molecule is CC(C)C1NCC(CC(C)C2CC(O)CN2)C1O. The van der Waals surface area contributed by atoms with Crippen LogP contribution in [0.1, 0.15) is 33.6 Å². The fraction of sp³-hybridized carbons (Fsp3) is 1.00. The second kappa shape index (κ2) is 5.87. The van der Waals surface area contributed by atoms with Gasteiger partial charge in [0.15, 0.2) is 0 Å². The van der Waals surface area contributed by atoms with Gasteiger partial charge in [0.25, 0.3) is 0 Å². The Balaban J connectivity index is 1.83. The predicted octanol–water partition coefficient (Wildman–Crippen LogP) is 0.340. The van der Waals surface area contributed by atoms with E-state index in [9.17, 15) is 10.2 Å². The summed E-state index contributed by atoms with van der Waals surface area (Å²) in [6.45, 7) is 8.17. The van der Waals surface area contributed by atoms with E-state index in [-0.39, 0.29) is 18.2 Å². The van der Waals surface area contributed by atoms with Crippen LogP contribution in [0.15, 0.2) is 0 Å². The zero-order chi connectivity index (χ0) is 13.3. The number of hydrogen-bond donors (Lipinski definition) is 4. The van der Waals surface area contributed by atoms with Crippen LogP contribution in [-0.4, -0.2) is 47.6 Å². The molecule has 0 radical (unpaired) electrons. The van der Waals surface area contributed by atoms with Crippen molar-refractivity contribution in [2.75, 3.05) is 13.1 Å². The van der Waals surface area contributed by atoms with E-state index < -0.39 is 0 Å². The summed E-state index contributed by atoms with van der Waals surface area (Å²) in [6.07, 6.45) is 1.47. The molecule has 0 amide bonds. The van der Waals surface area contributed by atoms with Crippen LogP contribution >= 0.6 is 0 Å². The van der Waals surface area contributed by atoms with Gasteiger partial charge in [-0.25, -0.2) is 0 Å². The van der Waals surface area contributed by atoms with Crippen LogP contribution in [0.25, 0.3) is 0 Å². The lowest BCUT2D eigenvalue weighted by molar-refractivity contribution is 0.0883. The molecule has 18 heavy (non-hydrogen) atoms. The quantitative estimate of drug-likeness (QED) is 0.586. The Morgan fingerprint density at radius 1 is 1.11 bits per heavy atom. The molecule has 4 N–H and O–H groups in total. The third kappa shape index (κ3) is 3.05. The van der Waals surface area contributed by atoms with Gasteiger partial charge in [-0.05, 0) is 30.6 Å². The van der Waals surface area contributed by atoms with E-state index >= 15 is 0 Å². The van der Waals surface area contributed by atoms with Crippen LogP contribution in [0, 0.1) is 17.8 Å². The smallest absolute Gasteiger partial charge is 0.0735 e. The predicted molar refractivity (Wildman–Crippen MR) is 72.3 cm³/mol. The molecule has 0 spiro atoms. The van der Waals surface area contributed by atoms with Crippen LogP contribution < -0.4 is 10.6 Å². The van der Waals surface area contributed by atoms with Crippen molar-refractivity contribution >= 4 is 0 Å². The lowest BCUT2D eigenvalue weighted by Crippen LogP contribution is -2.37. The lowest BCUT2D eigenvalue weighted by atomic mass is 9.85. The highest BCUT2D eigenvalue weighted by Crippen LogP contribution is 2.29. The van der Waals surface area contributed by atoms with Crippen LogP contribution in [0.3, 0.4) is 0 Å². The zero-order valence-electron chi connectivity index (χ0n) is 11.8. The number of nitrogens with one attached hydrogen (secondary N) is 2. The summed E-state index contributed by atoms with van der Waals surface area (Å²) in [4.78, 5) is 0. The summed E-state index contributed by atoms with van der Waals surface area (Å²) in [6, 6.07) is 0.648. The van der Waals surface area contributed by atoms with E-state index in [2.05, 4.69) is 31.4 Å². The molecule has 0 aromatic rings. The van der Waals surface area contributed by atoms with Crippen molar-refractivity contribution in [2.45, 2.75) is 57.9 Å². The summed E-state index contributed by atoms with van der Waals surface area (Å²) in [5, 5.41) is 26.7. The molecule has 0 aromatic carbocycles. The van der Waals surface area contributed by atoms with Gasteiger partial charge in [0, 0.05) is 25.2 Å². The third-order valence-electron chi connectivity index (χ3n) is 4.69. The largest absolute Gasteiger partial charge is 0.392 e. The Labute approximate surface area is 110 Å². The van der Waals surface area contributed by atoms with E-state index in [0.29, 0.717) is 23.8 Å². The Kier molecular flexibility index (Phi) is 4.64. The topological polar surface area (TPSA) is 64.5 Å². The fourth-order valence-corrected chi connectivity index (χ4v) is 3.50. The van der Waals surface area contributed by atoms with Gasteiger partial charge in [-0.1, -0.05) is 20.8 Å². The van der Waals surface area contributed by atoms with Gasteiger partial charge < -0.3 is 20.8 Å². The second-order valence-electron chi connectivity index (χ2n) is 6.55. The number of hydrogen-bond acceptors (Lipinski definition) is 4. The molecule has 6 unspecified atom stereocenters. The van der Waals surface area contributed by atoms with E-state index in [1.807, 2.05) is 0 Å². The van der Waals surface area contributed by atoms with Gasteiger partial charge in [0.05, 0.1) is 12.2 Å². The molecule has 0 saturated carbocycles. The normalized spacial score (nSPS) is 42.7. The molecule has 106 valence electrons. The summed E-state index contributed by atoms with van der Waals surface area (Å²) in [7, 11) is 0. The molecular weight excluding hydrogens is 228 g/mol. The maximum atomic E-state index is 10.3. The maximum absolute atomic E-state index is 10.3. The first kappa shape index (κ1) is 14.3. The van der Waals surface area contributed by atoms with Crippen molar-refractivity contribution in [3.63, 3.8) is 0 Å². The molecule has 2 heterocycles. The molecule has 0 aliphatic carbocycles. The highest BCUT2D eigenvalue weighted by Gasteiger charge is 2.38. The number of aliphatic hydroxyl groups excluding tert-OH is 2. The lowest BCUT2D eigenvalue weighted by Gasteiger charge is -2.26. The first-order chi connectivity index (χ1) is 8.49. The zero-order valence-corrected chi connectivity index (χ0v) is 11.8. The van der Waals surface area contributed by atoms with Gasteiger partial charge in [0.2, 0.25) is 0 Å². The number of aliphatic hydroxyl groups is 2. The van der Waals surface area contributed by atoms with Crippen molar-refractivity contribution in [2.24, 2.45) is 17.8 Å². The van der Waals surface area contributed by atoms with Gasteiger partial charge in [-0.2, -0.15) is 0 Å². The molecule has 2 fully saturated rings. The molecule has 6 atom stereocenters. The first-order valence-corrected chi connectivity index (χ1v) is 7.32. The summed E-state index contributed by atoms with van der Waals surface area (Å²) < 4.78 is 0. The molecule has 4 heteroatoms. The van der Waals surface area contributed by atoms with Crippen molar-refractivity contribution in [3.05, 3.63) is 0 Å². The fourth-order valence-electron chi connectivity index (χ4n) is 3.50. The highest BCUT2D eigenvalue weighted by molar-refractivity contribution is 4.94. The first-order valence-electron chi connectivity index (χ1n) is 7.32. The standard InChI is InChI=1S/C14H28N2O2/c1-8(2)13-14(18)10(6-16-13)4-9(3)12-5-11(17)7-15-12/h8-18H,4-7H2,1-3H3. The minimum absolute atomic E-state index is 0.188. The van der Waals surface area contributed by atoms with Crippen molar-refractivity contribution in [1.82, 2.24) is 10.6 Å². The number of rotatable bonds is 4. The van der Waals surface area contributed by atoms with Crippen LogP contribution in [0.5, 0.6) is 0 Å². The molecule has 2 rings (SSSR count). The van der Waals surface area contributed by atoms with E-state index in [4.69, 9.17) is 0 Å². The minimum Gasteiger partial charge on any atom is -0.392 e. The van der Waals surface area contributed by atoms with Crippen molar-refractivity contribution in [1.29, 1.82) is 0 Å². The van der Waals surface area contributed by atoms with Gasteiger partial charge in [0.1, 0.15) is 0 Å². The average Bonchev–Trinajstić information content (AvgIpc) is 2.86. The van der Waals surface area contributed by atoms with Crippen LogP contribution in [0.4, 0.5) is 0 Å². The Hall–Kier alpha value is -0.160. The van der Waals surface area contributed by atoms with Gasteiger partial charge >= 0.3 is 0 Å². The molecule has 4 nitrogen and oxygen atoms in total. The molecule has 0 bridgehead atoms. The molecule has 2 aliphatic rings. The van der Waals surface area contributed by atoms with Crippen LogP contribution in [-0.2, 0) is 0 Å². The highest BCUT2D eigenvalue weighted by atomic mass is 16.3. The van der Waals surface area contributed by atoms with Crippen molar-refractivity contribution < 1.29 is 10.2 Å². The molecular formula is C14H28N2O2. The summed E-state index contributed by atoms with van der Waals surface area (Å²) in [5.41, 5.74) is 0. The Morgan fingerprint density at radius 2 is 1.83 bits per heavy atom. The number of β-amino-alcohol motifs (C(OH)–C–C–N with tert-alkyl or cyclic N) is 1. The molecule has 2 saturated heterocycles. The Morgan fingerprint density at radius 3 is 2.33 bits per heavy atom.